The maximum Gasteiger partial charge on any atom is 0.293 e. The largest absolute Gasteiger partial charge is 0.357 e. The smallest absolute Gasteiger partial charge is 0.293 e. The van der Waals surface area contributed by atoms with Gasteiger partial charge in [0.05, 0.1) is 11.0 Å². The highest BCUT2D eigenvalue weighted by atomic mass is 32.1. The molecule has 0 saturated carbocycles. The first-order chi connectivity index (χ1) is 13.6. The zero-order valence-electron chi connectivity index (χ0n) is 15.3. The number of nitro groups is 1. The van der Waals surface area contributed by atoms with E-state index in [1.807, 2.05) is 5.38 Å². The Morgan fingerprint density at radius 1 is 1.29 bits per heavy atom. The molecule has 0 bridgehead atoms. The quantitative estimate of drug-likeness (QED) is 0.370. The molecule has 0 aliphatic carbocycles. The number of ketones is 1. The van der Waals surface area contributed by atoms with E-state index in [1.54, 1.807) is 47.5 Å². The average Bonchev–Trinajstić information content (AvgIpc) is 3.39. The molecular weight excluding hydrogens is 378 g/mol. The van der Waals surface area contributed by atoms with E-state index < -0.39 is 4.92 Å². The topological polar surface area (TPSA) is 94.2 Å². The molecule has 1 unspecified atom stereocenters. The second-order valence-electron chi connectivity index (χ2n) is 6.73. The molecule has 2 aromatic heterocycles. The normalized spacial score (nSPS) is 16.9. The average molecular weight is 397 g/mol. The molecule has 0 amide bonds. The van der Waals surface area contributed by atoms with Crippen LogP contribution in [-0.4, -0.2) is 31.8 Å². The number of aryl methyl sites for hydroxylation is 1. The van der Waals surface area contributed by atoms with Crippen LogP contribution in [0.15, 0.2) is 42.2 Å². The van der Waals surface area contributed by atoms with Crippen molar-refractivity contribution in [2.45, 2.75) is 25.3 Å². The molecule has 1 fully saturated rings. The Balaban J connectivity index is 1.74. The van der Waals surface area contributed by atoms with E-state index in [2.05, 4.69) is 14.9 Å². The summed E-state index contributed by atoms with van der Waals surface area (Å²) in [6, 6.07) is 4.70. The van der Waals surface area contributed by atoms with Gasteiger partial charge < -0.3 is 9.47 Å². The van der Waals surface area contributed by atoms with Gasteiger partial charge in [-0.2, -0.15) is 0 Å². The Morgan fingerprint density at radius 2 is 2.14 bits per heavy atom. The lowest BCUT2D eigenvalue weighted by Gasteiger charge is -2.36. The third-order valence-electron chi connectivity index (χ3n) is 5.01. The zero-order valence-corrected chi connectivity index (χ0v) is 16.1. The van der Waals surface area contributed by atoms with Crippen molar-refractivity contribution >= 4 is 28.5 Å². The van der Waals surface area contributed by atoms with Crippen molar-refractivity contribution in [2.75, 3.05) is 11.4 Å². The second-order valence-corrected chi connectivity index (χ2v) is 7.65. The van der Waals surface area contributed by atoms with E-state index in [9.17, 15) is 14.9 Å². The summed E-state index contributed by atoms with van der Waals surface area (Å²) in [6.07, 6.45) is 7.89. The van der Waals surface area contributed by atoms with Gasteiger partial charge in [0.25, 0.3) is 5.69 Å². The number of nitrogens with zero attached hydrogens (tertiary/aromatic N) is 5. The minimum absolute atomic E-state index is 0.0172. The van der Waals surface area contributed by atoms with E-state index in [1.165, 1.54) is 12.3 Å². The predicted molar refractivity (Wildman–Crippen MR) is 106 cm³/mol. The summed E-state index contributed by atoms with van der Waals surface area (Å²) in [6.45, 7) is 0.720. The van der Waals surface area contributed by atoms with Crippen LogP contribution in [0.1, 0.15) is 46.5 Å². The molecule has 3 heterocycles. The van der Waals surface area contributed by atoms with Gasteiger partial charge >= 0.3 is 0 Å². The molecular formula is C19H19N5O3S. The number of thiazole rings is 1. The summed E-state index contributed by atoms with van der Waals surface area (Å²) >= 11 is 1.56. The molecule has 0 N–H and O–H groups in total. The van der Waals surface area contributed by atoms with Crippen molar-refractivity contribution in [3.8, 4) is 0 Å². The Kier molecular flexibility index (Phi) is 4.91. The highest BCUT2D eigenvalue weighted by molar-refractivity contribution is 7.09. The van der Waals surface area contributed by atoms with Gasteiger partial charge in [0, 0.05) is 49.2 Å². The summed E-state index contributed by atoms with van der Waals surface area (Å²) < 4.78 is 1.60. The monoisotopic (exact) mass is 397 g/mol. The van der Waals surface area contributed by atoms with Crippen molar-refractivity contribution in [3.05, 3.63) is 68.7 Å². The Labute approximate surface area is 165 Å². The van der Waals surface area contributed by atoms with Gasteiger partial charge in [-0.1, -0.05) is 0 Å². The lowest BCUT2D eigenvalue weighted by atomic mass is 10.00. The lowest BCUT2D eigenvalue weighted by molar-refractivity contribution is -0.384. The first-order valence-electron chi connectivity index (χ1n) is 9.02. The summed E-state index contributed by atoms with van der Waals surface area (Å²) in [4.78, 5) is 34.6. The maximum absolute atomic E-state index is 12.7. The standard InChI is InChI=1S/C19H19N5O3S/c1-22-10-7-20-18(22)17(25)13-5-6-14(16(12-13)24(26)27)23-9-3-2-4-15(23)19-21-8-11-28-19/h5-8,10-12,15H,2-4,9H2,1H3. The van der Waals surface area contributed by atoms with Gasteiger partial charge in [0.2, 0.25) is 5.78 Å². The number of carbonyl (C=O) groups excluding carboxylic acids is 1. The molecule has 1 aromatic carbocycles. The molecule has 3 aromatic rings. The first-order valence-corrected chi connectivity index (χ1v) is 9.90. The van der Waals surface area contributed by atoms with E-state index in [4.69, 9.17) is 0 Å². The zero-order chi connectivity index (χ0) is 19.7. The highest BCUT2D eigenvalue weighted by Gasteiger charge is 2.31. The fraction of sp³-hybridized carbons (Fsp3) is 0.316. The number of anilines is 1. The number of piperidine rings is 1. The van der Waals surface area contributed by atoms with Crippen LogP contribution in [-0.2, 0) is 7.05 Å². The van der Waals surface area contributed by atoms with E-state index >= 15 is 0 Å². The van der Waals surface area contributed by atoms with Crippen LogP contribution in [0.3, 0.4) is 0 Å². The molecule has 144 valence electrons. The second kappa shape index (κ2) is 7.51. The van der Waals surface area contributed by atoms with Crippen molar-refractivity contribution in [1.82, 2.24) is 14.5 Å². The van der Waals surface area contributed by atoms with Crippen molar-refractivity contribution in [1.29, 1.82) is 0 Å². The number of hydrogen-bond acceptors (Lipinski definition) is 7. The van der Waals surface area contributed by atoms with E-state index in [0.29, 0.717) is 5.69 Å². The van der Waals surface area contributed by atoms with Gasteiger partial charge in [0.15, 0.2) is 5.82 Å². The van der Waals surface area contributed by atoms with Crippen LogP contribution in [0.5, 0.6) is 0 Å². The van der Waals surface area contributed by atoms with Crippen LogP contribution in [0.25, 0.3) is 0 Å². The highest BCUT2D eigenvalue weighted by Crippen LogP contribution is 2.40. The van der Waals surface area contributed by atoms with E-state index in [-0.39, 0.29) is 28.9 Å². The van der Waals surface area contributed by atoms with Gasteiger partial charge in [-0.25, -0.2) is 9.97 Å². The first kappa shape index (κ1) is 18.3. The Bertz CT molecular complexity index is 1010. The molecule has 1 aliphatic rings. The number of benzene rings is 1. The van der Waals surface area contributed by atoms with Gasteiger partial charge in [-0.05, 0) is 31.4 Å². The third-order valence-corrected chi connectivity index (χ3v) is 5.88. The molecule has 4 rings (SSSR count). The summed E-state index contributed by atoms with van der Waals surface area (Å²) in [5, 5.41) is 14.7. The SMILES string of the molecule is Cn1ccnc1C(=O)c1ccc(N2CCCCC2c2nccs2)c([N+](=O)[O-])c1. The molecule has 9 heteroatoms. The van der Waals surface area contributed by atoms with Crippen LogP contribution in [0.2, 0.25) is 0 Å². The maximum atomic E-state index is 12.7. The van der Waals surface area contributed by atoms with Crippen molar-refractivity contribution in [2.24, 2.45) is 7.05 Å². The van der Waals surface area contributed by atoms with Crippen molar-refractivity contribution < 1.29 is 9.72 Å². The van der Waals surface area contributed by atoms with Crippen LogP contribution in [0.4, 0.5) is 11.4 Å². The van der Waals surface area contributed by atoms with E-state index in [0.717, 1.165) is 30.8 Å². The molecule has 8 nitrogen and oxygen atoms in total. The number of hydrogen-bond donors (Lipinski definition) is 0. The van der Waals surface area contributed by atoms with Crippen LogP contribution in [0, 0.1) is 10.1 Å². The molecule has 1 aliphatic heterocycles. The summed E-state index contributed by atoms with van der Waals surface area (Å²) in [5.41, 5.74) is 0.720. The minimum Gasteiger partial charge on any atom is -0.357 e. The number of imidazole rings is 1. The number of rotatable bonds is 5. The fourth-order valence-corrected chi connectivity index (χ4v) is 4.43. The minimum atomic E-state index is -0.419. The Morgan fingerprint density at radius 3 is 2.82 bits per heavy atom. The van der Waals surface area contributed by atoms with Crippen LogP contribution >= 0.6 is 11.3 Å². The molecule has 1 atom stereocenters. The number of aromatic nitrogens is 3. The summed E-state index contributed by atoms with van der Waals surface area (Å²) in [5.74, 6) is -0.0852. The lowest BCUT2D eigenvalue weighted by Crippen LogP contribution is -2.33. The van der Waals surface area contributed by atoms with Gasteiger partial charge in [-0.15, -0.1) is 11.3 Å². The predicted octanol–water partition coefficient (Wildman–Crippen LogP) is 3.75. The Hall–Kier alpha value is -3.07. The fourth-order valence-electron chi connectivity index (χ4n) is 3.64. The molecule has 28 heavy (non-hydrogen) atoms. The number of nitro benzene ring substituents is 1. The molecule has 0 spiro atoms. The molecule has 1 saturated heterocycles. The van der Waals surface area contributed by atoms with Crippen LogP contribution < -0.4 is 4.90 Å². The van der Waals surface area contributed by atoms with Crippen molar-refractivity contribution in [3.63, 3.8) is 0 Å². The third kappa shape index (κ3) is 3.29. The van der Waals surface area contributed by atoms with Gasteiger partial charge in [0.1, 0.15) is 10.7 Å². The molecule has 0 radical (unpaired) electrons. The van der Waals surface area contributed by atoms with Gasteiger partial charge in [-0.3, -0.25) is 14.9 Å². The summed E-state index contributed by atoms with van der Waals surface area (Å²) in [7, 11) is 1.72. The number of carbonyl (C=O) groups is 1.